The minimum atomic E-state index is -0.575. The highest BCUT2D eigenvalue weighted by Crippen LogP contribution is 2.59. The molecule has 2 fully saturated rings. The molecule has 1 saturated heterocycles. The van der Waals surface area contributed by atoms with Crippen LogP contribution in [-0.2, 0) is 20.9 Å². The van der Waals surface area contributed by atoms with Crippen molar-refractivity contribution in [2.45, 2.75) is 38.4 Å². The minimum Gasteiger partial charge on any atom is -0.457 e. The van der Waals surface area contributed by atoms with E-state index in [1.54, 1.807) is 46.5 Å². The summed E-state index contributed by atoms with van der Waals surface area (Å²) in [5, 5.41) is 9.39. The Balaban J connectivity index is 1.25. The van der Waals surface area contributed by atoms with E-state index in [9.17, 15) is 14.4 Å². The second-order valence-electron chi connectivity index (χ2n) is 10.4. The van der Waals surface area contributed by atoms with Crippen LogP contribution in [0.1, 0.15) is 30.2 Å². The molecule has 3 atom stereocenters. The summed E-state index contributed by atoms with van der Waals surface area (Å²) in [5.41, 5.74) is 6.69. The third-order valence-corrected chi connectivity index (χ3v) is 8.44. The number of rotatable bonds is 10. The molecule has 5 rings (SSSR count). The van der Waals surface area contributed by atoms with Gasteiger partial charge in [-0.25, -0.2) is 0 Å². The summed E-state index contributed by atoms with van der Waals surface area (Å²) in [6.45, 7) is 2.32. The van der Waals surface area contributed by atoms with E-state index in [4.69, 9.17) is 15.9 Å². The van der Waals surface area contributed by atoms with E-state index in [1.165, 1.54) is 16.2 Å². The second-order valence-corrected chi connectivity index (χ2v) is 11.4. The van der Waals surface area contributed by atoms with Gasteiger partial charge in [0.2, 0.25) is 18.2 Å². The molecule has 3 N–H and O–H groups in total. The molecule has 2 aliphatic rings. The fraction of sp³-hybridized carbons (Fsp3) is 0.310. The molecule has 0 unspecified atom stereocenters. The van der Waals surface area contributed by atoms with Crippen LogP contribution >= 0.6 is 11.3 Å². The molecule has 0 spiro atoms. The first-order valence-corrected chi connectivity index (χ1v) is 13.6. The molecule has 3 amide bonds. The number of hydrogen-bond donors (Lipinski definition) is 2. The molecule has 10 heteroatoms. The van der Waals surface area contributed by atoms with Crippen molar-refractivity contribution in [2.75, 3.05) is 18.5 Å². The van der Waals surface area contributed by atoms with Crippen LogP contribution in [0, 0.1) is 10.8 Å². The number of likely N-dealkylation sites (N-methyl/N-ethyl adjacent to an activating group) is 1. The summed E-state index contributed by atoms with van der Waals surface area (Å²) in [7, 11) is 1.72. The number of likely N-dealkylation sites (tertiary alicyclic amines) is 1. The summed E-state index contributed by atoms with van der Waals surface area (Å²) in [4.78, 5) is 44.6. The number of nitrogens with one attached hydrogen (secondary N) is 1. The normalized spacial score (nSPS) is 21.1. The Labute approximate surface area is 231 Å². The topological polar surface area (TPSA) is 120 Å². The van der Waals surface area contributed by atoms with Crippen molar-refractivity contribution in [3.8, 4) is 11.5 Å². The maximum atomic E-state index is 13.5. The lowest BCUT2D eigenvalue weighted by atomic mass is 10.0. The first-order chi connectivity index (χ1) is 18.7. The Morgan fingerprint density at radius 3 is 2.49 bits per heavy atom. The van der Waals surface area contributed by atoms with Gasteiger partial charge in [0, 0.05) is 34.6 Å². The number of nitrogens with zero attached hydrogens (tertiary/aromatic N) is 3. The molecule has 202 valence electrons. The number of carbonyl (C=O) groups excluding carboxylic acids is 3. The highest BCUT2D eigenvalue weighted by Gasteiger charge is 2.64. The van der Waals surface area contributed by atoms with Crippen LogP contribution in [0.4, 0.5) is 5.69 Å². The molecule has 1 aromatic heterocycles. The van der Waals surface area contributed by atoms with Gasteiger partial charge < -0.3 is 25.2 Å². The number of ether oxygens (including phenoxy) is 1. The van der Waals surface area contributed by atoms with Crippen LogP contribution < -0.4 is 15.4 Å². The van der Waals surface area contributed by atoms with Crippen molar-refractivity contribution < 1.29 is 19.1 Å². The molecular weight excluding hydrogens is 514 g/mol. The van der Waals surface area contributed by atoms with Crippen molar-refractivity contribution in [1.29, 1.82) is 5.41 Å². The molecule has 1 aliphatic carbocycles. The molecule has 1 aliphatic heterocycles. The number of para-hydroxylation sites is 1. The summed E-state index contributed by atoms with van der Waals surface area (Å²) in [6, 6.07) is 17.6. The van der Waals surface area contributed by atoms with Gasteiger partial charge in [0.1, 0.15) is 29.9 Å². The van der Waals surface area contributed by atoms with Gasteiger partial charge in [0.15, 0.2) is 0 Å². The molecule has 39 heavy (non-hydrogen) atoms. The number of amidine groups is 1. The molecule has 1 saturated carbocycles. The Morgan fingerprint density at radius 1 is 1.15 bits per heavy atom. The minimum absolute atomic E-state index is 0.00597. The van der Waals surface area contributed by atoms with Crippen molar-refractivity contribution in [2.24, 2.45) is 11.1 Å². The van der Waals surface area contributed by atoms with E-state index < -0.39 is 6.04 Å². The summed E-state index contributed by atoms with van der Waals surface area (Å²) >= 11 is 1.44. The van der Waals surface area contributed by atoms with Gasteiger partial charge in [-0.3, -0.25) is 19.8 Å². The van der Waals surface area contributed by atoms with E-state index in [0.29, 0.717) is 42.1 Å². The zero-order valence-electron chi connectivity index (χ0n) is 21.9. The largest absolute Gasteiger partial charge is 0.457 e. The molecule has 0 bridgehead atoms. The number of carbonyl (C=O) groups is 3. The molecule has 2 heterocycles. The van der Waals surface area contributed by atoms with Crippen molar-refractivity contribution in [1.82, 2.24) is 9.80 Å². The number of benzene rings is 2. The maximum absolute atomic E-state index is 13.5. The molecule has 9 nitrogen and oxygen atoms in total. The summed E-state index contributed by atoms with van der Waals surface area (Å²) in [6.07, 6.45) is 2.09. The number of nitrogens with two attached hydrogens (primary N) is 1. The smallest absolute Gasteiger partial charge is 0.245 e. The third kappa shape index (κ3) is 5.51. The number of nitrogen functional groups attached to an aromatic ring is 1. The predicted molar refractivity (Wildman–Crippen MR) is 150 cm³/mol. The fourth-order valence-corrected chi connectivity index (χ4v) is 6.20. The first kappa shape index (κ1) is 26.4. The Kier molecular flexibility index (Phi) is 7.14. The highest BCUT2D eigenvalue weighted by atomic mass is 32.1. The van der Waals surface area contributed by atoms with Crippen LogP contribution in [0.15, 0.2) is 66.0 Å². The van der Waals surface area contributed by atoms with Gasteiger partial charge in [-0.15, -0.1) is 11.3 Å². The van der Waals surface area contributed by atoms with Crippen LogP contribution in [0.3, 0.4) is 0 Å². The lowest BCUT2D eigenvalue weighted by Gasteiger charge is -2.31. The average molecular weight is 546 g/mol. The van der Waals surface area contributed by atoms with Crippen molar-refractivity contribution in [3.05, 3.63) is 76.5 Å². The zero-order valence-corrected chi connectivity index (χ0v) is 22.7. The standard InChI is InChI=1S/C29H31N5O4S/c1-29-13-24(28(37)32(2)15-23-12-19(17-39-23)27(30)31)34(25(29)14-29)26(36)16-33(18-35)20-8-10-22(11-9-20)38-21-6-4-3-5-7-21/h3-12,17-18,24-25H,13-16H2,1-2H3,(H3,30,31)/t24-,25-,29+/m0/s1. The maximum Gasteiger partial charge on any atom is 0.245 e. The quantitative estimate of drug-likeness (QED) is 0.228. The van der Waals surface area contributed by atoms with Crippen molar-refractivity contribution >= 4 is 41.1 Å². The lowest BCUT2D eigenvalue weighted by Crippen LogP contribution is -2.50. The van der Waals surface area contributed by atoms with E-state index in [2.05, 4.69) is 6.92 Å². The Bertz CT molecular complexity index is 1390. The predicted octanol–water partition coefficient (Wildman–Crippen LogP) is 3.83. The van der Waals surface area contributed by atoms with Crippen LogP contribution in [0.5, 0.6) is 11.5 Å². The van der Waals surface area contributed by atoms with Gasteiger partial charge in [-0.2, -0.15) is 0 Å². The number of hydrogen-bond acceptors (Lipinski definition) is 6. The first-order valence-electron chi connectivity index (χ1n) is 12.7. The van der Waals surface area contributed by atoms with Crippen molar-refractivity contribution in [3.63, 3.8) is 0 Å². The number of amides is 3. The Morgan fingerprint density at radius 2 is 1.85 bits per heavy atom. The fourth-order valence-electron chi connectivity index (χ4n) is 5.27. The molecule has 0 radical (unpaired) electrons. The third-order valence-electron chi connectivity index (χ3n) is 7.52. The van der Waals surface area contributed by atoms with E-state index in [1.807, 2.05) is 36.4 Å². The van der Waals surface area contributed by atoms with Crippen LogP contribution in [0.2, 0.25) is 0 Å². The summed E-state index contributed by atoms with van der Waals surface area (Å²) < 4.78 is 5.82. The second kappa shape index (κ2) is 10.5. The molecule has 3 aromatic rings. The Hall–Kier alpha value is -4.18. The monoisotopic (exact) mass is 545 g/mol. The number of fused-ring (bicyclic) bond motifs is 1. The van der Waals surface area contributed by atoms with Crippen LogP contribution in [0.25, 0.3) is 0 Å². The van der Waals surface area contributed by atoms with E-state index in [0.717, 1.165) is 11.3 Å². The SMILES string of the molecule is CN(Cc1cc(C(=N)N)cs1)C(=O)[C@@H]1C[C@]2(C)C[C@@H]2N1C(=O)CN(C=O)c1ccc(Oc2ccccc2)cc1. The molecule has 2 aromatic carbocycles. The van der Waals surface area contributed by atoms with Gasteiger partial charge in [-0.1, -0.05) is 25.1 Å². The molecular formula is C29H31N5O4S. The number of piperidine rings is 1. The summed E-state index contributed by atoms with van der Waals surface area (Å²) in [5.74, 6) is 0.929. The van der Waals surface area contributed by atoms with Crippen LogP contribution in [-0.4, -0.2) is 59.5 Å². The number of thiophene rings is 1. The van der Waals surface area contributed by atoms with E-state index in [-0.39, 0.29) is 35.7 Å². The van der Waals surface area contributed by atoms with Gasteiger partial charge in [0.05, 0.1) is 6.54 Å². The lowest BCUT2D eigenvalue weighted by molar-refractivity contribution is -0.144. The van der Waals surface area contributed by atoms with E-state index >= 15 is 0 Å². The number of anilines is 1. The zero-order chi connectivity index (χ0) is 27.7. The van der Waals surface area contributed by atoms with Gasteiger partial charge in [0.25, 0.3) is 0 Å². The van der Waals surface area contributed by atoms with Gasteiger partial charge in [-0.05, 0) is 60.7 Å². The van der Waals surface area contributed by atoms with Gasteiger partial charge >= 0.3 is 0 Å². The average Bonchev–Trinajstić information content (AvgIpc) is 3.24. The highest BCUT2D eigenvalue weighted by molar-refractivity contribution is 7.10.